The zero-order valence-electron chi connectivity index (χ0n) is 11.3. The van der Waals surface area contributed by atoms with E-state index in [0.29, 0.717) is 0 Å². The SMILES string of the molecule is COc1cccc(N)c1.O=C(O)c1nc2ccccc2s1. The third-order valence-electron chi connectivity index (χ3n) is 2.57. The summed E-state index contributed by atoms with van der Waals surface area (Å²) < 4.78 is 5.83. The van der Waals surface area contributed by atoms with Crippen molar-refractivity contribution in [2.75, 3.05) is 12.8 Å². The Balaban J connectivity index is 0.000000161. The van der Waals surface area contributed by atoms with Crippen molar-refractivity contribution in [2.24, 2.45) is 0 Å². The van der Waals surface area contributed by atoms with Crippen molar-refractivity contribution in [1.82, 2.24) is 4.98 Å². The molecule has 0 amide bonds. The van der Waals surface area contributed by atoms with Crippen molar-refractivity contribution in [1.29, 1.82) is 0 Å². The monoisotopic (exact) mass is 302 g/mol. The van der Waals surface area contributed by atoms with Gasteiger partial charge in [0.05, 0.1) is 17.3 Å². The molecule has 5 nitrogen and oxygen atoms in total. The second-order valence-corrected chi connectivity index (χ2v) is 5.10. The van der Waals surface area contributed by atoms with Gasteiger partial charge in [-0.25, -0.2) is 9.78 Å². The van der Waals surface area contributed by atoms with E-state index < -0.39 is 5.97 Å². The first-order chi connectivity index (χ1) is 10.1. The molecule has 0 unspecified atom stereocenters. The highest BCUT2D eigenvalue weighted by atomic mass is 32.1. The van der Waals surface area contributed by atoms with Gasteiger partial charge in [0.15, 0.2) is 0 Å². The van der Waals surface area contributed by atoms with Gasteiger partial charge in [-0.15, -0.1) is 11.3 Å². The number of ether oxygens (including phenoxy) is 1. The van der Waals surface area contributed by atoms with E-state index in [1.54, 1.807) is 19.2 Å². The first-order valence-corrected chi connectivity index (χ1v) is 6.90. The van der Waals surface area contributed by atoms with Crippen LogP contribution in [-0.4, -0.2) is 23.2 Å². The van der Waals surface area contributed by atoms with Crippen LogP contribution in [0.3, 0.4) is 0 Å². The number of anilines is 1. The standard InChI is InChI=1S/C8H5NO2S.C7H9NO/c10-8(11)7-9-5-3-1-2-4-6(5)12-7;1-9-7-4-2-3-6(8)5-7/h1-4H,(H,10,11);2-5H,8H2,1H3. The molecule has 3 N–H and O–H groups in total. The maximum atomic E-state index is 10.5. The molecular weight excluding hydrogens is 288 g/mol. The summed E-state index contributed by atoms with van der Waals surface area (Å²) in [5.41, 5.74) is 6.93. The Morgan fingerprint density at radius 2 is 2.00 bits per heavy atom. The lowest BCUT2D eigenvalue weighted by atomic mass is 10.3. The Kier molecular flexibility index (Phi) is 4.73. The number of carboxylic acids is 1. The molecule has 0 atom stereocenters. The molecule has 1 aromatic heterocycles. The number of benzene rings is 2. The number of thiazole rings is 1. The Labute approximate surface area is 125 Å². The molecule has 0 fully saturated rings. The molecule has 1 heterocycles. The molecular formula is C15H14N2O3S. The lowest BCUT2D eigenvalue weighted by molar-refractivity contribution is 0.0696. The van der Waals surface area contributed by atoms with Crippen molar-refractivity contribution in [3.05, 3.63) is 53.5 Å². The van der Waals surface area contributed by atoms with Crippen LogP contribution in [-0.2, 0) is 0 Å². The van der Waals surface area contributed by atoms with Crippen molar-refractivity contribution in [3.8, 4) is 5.75 Å². The summed E-state index contributed by atoms with van der Waals surface area (Å²) >= 11 is 1.19. The van der Waals surface area contributed by atoms with E-state index in [9.17, 15) is 4.79 Å². The summed E-state index contributed by atoms with van der Waals surface area (Å²) in [6, 6.07) is 14.7. The molecule has 21 heavy (non-hydrogen) atoms. The largest absolute Gasteiger partial charge is 0.497 e. The van der Waals surface area contributed by atoms with Crippen LogP contribution in [0.4, 0.5) is 5.69 Å². The molecule has 0 saturated carbocycles. The van der Waals surface area contributed by atoms with Gasteiger partial charge < -0.3 is 15.6 Å². The van der Waals surface area contributed by atoms with Gasteiger partial charge in [-0.2, -0.15) is 0 Å². The molecule has 0 aliphatic rings. The number of methoxy groups -OCH3 is 1. The summed E-state index contributed by atoms with van der Waals surface area (Å²) in [5, 5.41) is 8.78. The van der Waals surface area contributed by atoms with Gasteiger partial charge >= 0.3 is 5.97 Å². The van der Waals surface area contributed by atoms with E-state index in [-0.39, 0.29) is 5.01 Å². The van der Waals surface area contributed by atoms with Gasteiger partial charge in [0, 0.05) is 11.8 Å². The van der Waals surface area contributed by atoms with E-state index in [0.717, 1.165) is 21.7 Å². The molecule has 0 spiro atoms. The number of hydrogen-bond donors (Lipinski definition) is 2. The maximum Gasteiger partial charge on any atom is 0.365 e. The summed E-state index contributed by atoms with van der Waals surface area (Å²) in [4.78, 5) is 14.4. The molecule has 108 valence electrons. The molecule has 0 aliphatic heterocycles. The smallest absolute Gasteiger partial charge is 0.365 e. The molecule has 0 bridgehead atoms. The van der Waals surface area contributed by atoms with E-state index in [1.165, 1.54) is 11.3 Å². The Bertz CT molecular complexity index is 722. The predicted molar refractivity (Wildman–Crippen MR) is 84.0 cm³/mol. The first kappa shape index (κ1) is 14.8. The molecule has 0 aliphatic carbocycles. The van der Waals surface area contributed by atoms with Crippen LogP contribution in [0.5, 0.6) is 5.75 Å². The van der Waals surface area contributed by atoms with Gasteiger partial charge in [-0.3, -0.25) is 0 Å². The summed E-state index contributed by atoms with van der Waals surface area (Å²) in [6.07, 6.45) is 0. The Morgan fingerprint density at radius 1 is 1.24 bits per heavy atom. The Hall–Kier alpha value is -2.60. The lowest BCUT2D eigenvalue weighted by Crippen LogP contribution is -1.93. The molecule has 0 saturated heterocycles. The quantitative estimate of drug-likeness (QED) is 0.710. The van der Waals surface area contributed by atoms with Crippen LogP contribution < -0.4 is 10.5 Å². The number of nitrogens with two attached hydrogens (primary N) is 1. The fourth-order valence-electron chi connectivity index (χ4n) is 1.61. The van der Waals surface area contributed by atoms with Crippen LogP contribution in [0, 0.1) is 0 Å². The number of nitrogen functional groups attached to an aromatic ring is 1. The van der Waals surface area contributed by atoms with Gasteiger partial charge in [-0.1, -0.05) is 18.2 Å². The topological polar surface area (TPSA) is 85.4 Å². The molecule has 3 rings (SSSR count). The second kappa shape index (κ2) is 6.71. The lowest BCUT2D eigenvalue weighted by Gasteiger charge is -1.97. The molecule has 2 aromatic carbocycles. The zero-order valence-corrected chi connectivity index (χ0v) is 12.1. The summed E-state index contributed by atoms with van der Waals surface area (Å²) in [5.74, 6) is -0.161. The first-order valence-electron chi connectivity index (χ1n) is 6.08. The number of nitrogens with zero attached hydrogens (tertiary/aromatic N) is 1. The zero-order chi connectivity index (χ0) is 15.2. The third kappa shape index (κ3) is 3.93. The minimum Gasteiger partial charge on any atom is -0.497 e. The number of carboxylic acid groups (broad SMARTS) is 1. The highest BCUT2D eigenvalue weighted by molar-refractivity contribution is 7.20. The molecule has 3 aromatic rings. The van der Waals surface area contributed by atoms with E-state index in [1.807, 2.05) is 36.4 Å². The number of hydrogen-bond acceptors (Lipinski definition) is 5. The van der Waals surface area contributed by atoms with Crippen molar-refractivity contribution in [3.63, 3.8) is 0 Å². The average Bonchev–Trinajstić information content (AvgIpc) is 2.92. The highest BCUT2D eigenvalue weighted by Gasteiger charge is 2.08. The van der Waals surface area contributed by atoms with Gasteiger partial charge in [-0.05, 0) is 24.3 Å². The highest BCUT2D eigenvalue weighted by Crippen LogP contribution is 2.21. The normalized spacial score (nSPS) is 9.76. The van der Waals surface area contributed by atoms with E-state index >= 15 is 0 Å². The van der Waals surface area contributed by atoms with Crippen LogP contribution >= 0.6 is 11.3 Å². The van der Waals surface area contributed by atoms with Gasteiger partial charge in [0.2, 0.25) is 5.01 Å². The van der Waals surface area contributed by atoms with Crippen LogP contribution in [0.1, 0.15) is 9.80 Å². The number of rotatable bonds is 2. The Morgan fingerprint density at radius 3 is 2.57 bits per heavy atom. The second-order valence-electron chi connectivity index (χ2n) is 4.07. The van der Waals surface area contributed by atoms with Crippen molar-refractivity contribution in [2.45, 2.75) is 0 Å². The minimum absolute atomic E-state index is 0.149. The fourth-order valence-corrected chi connectivity index (χ4v) is 2.41. The average molecular weight is 302 g/mol. The minimum atomic E-state index is -0.962. The number of aromatic carboxylic acids is 1. The van der Waals surface area contributed by atoms with Crippen molar-refractivity contribution < 1.29 is 14.6 Å². The number of para-hydroxylation sites is 1. The van der Waals surface area contributed by atoms with Crippen LogP contribution in [0.2, 0.25) is 0 Å². The van der Waals surface area contributed by atoms with Gasteiger partial charge in [0.25, 0.3) is 0 Å². The molecule has 6 heteroatoms. The third-order valence-corrected chi connectivity index (χ3v) is 3.60. The number of carbonyl (C=O) groups is 1. The maximum absolute atomic E-state index is 10.5. The predicted octanol–water partition coefficient (Wildman–Crippen LogP) is 3.27. The summed E-state index contributed by atoms with van der Waals surface area (Å²) in [6.45, 7) is 0. The fraction of sp³-hybridized carbons (Fsp3) is 0.0667. The van der Waals surface area contributed by atoms with Crippen LogP contribution in [0.25, 0.3) is 10.2 Å². The number of aromatic nitrogens is 1. The van der Waals surface area contributed by atoms with Crippen molar-refractivity contribution >= 4 is 33.2 Å². The molecule has 0 radical (unpaired) electrons. The van der Waals surface area contributed by atoms with E-state index in [4.69, 9.17) is 15.6 Å². The summed E-state index contributed by atoms with van der Waals surface area (Å²) in [7, 11) is 1.62. The van der Waals surface area contributed by atoms with E-state index in [2.05, 4.69) is 4.98 Å². The number of fused-ring (bicyclic) bond motifs is 1. The van der Waals surface area contributed by atoms with Gasteiger partial charge in [0.1, 0.15) is 5.75 Å². The van der Waals surface area contributed by atoms with Crippen LogP contribution in [0.15, 0.2) is 48.5 Å².